The van der Waals surface area contributed by atoms with Crippen molar-refractivity contribution in [2.75, 3.05) is 6.61 Å². The van der Waals surface area contributed by atoms with Crippen molar-refractivity contribution >= 4 is 5.97 Å². The maximum atomic E-state index is 12.6. The smallest absolute Gasteiger partial charge is 0.330 e. The third kappa shape index (κ3) is 4.43. The Labute approximate surface area is 229 Å². The molecule has 9 heteroatoms. The minimum Gasteiger partial charge on any atom is -0.460 e. The van der Waals surface area contributed by atoms with Gasteiger partial charge in [0, 0.05) is 36.2 Å². The molecule has 1 N–H and O–H groups in total. The van der Waals surface area contributed by atoms with Crippen LogP contribution in [0.4, 0.5) is 0 Å². The molecule has 0 unspecified atom stereocenters. The molecule has 0 radical (unpaired) electrons. The summed E-state index contributed by atoms with van der Waals surface area (Å²) < 4.78 is 26.4. The number of carbonyl (C=O) groups excluding carboxylic acids is 1. The van der Waals surface area contributed by atoms with Crippen LogP contribution >= 0.6 is 0 Å². The van der Waals surface area contributed by atoms with E-state index in [4.69, 9.17) is 18.9 Å². The summed E-state index contributed by atoms with van der Waals surface area (Å²) in [6.07, 6.45) is -0.470. The van der Waals surface area contributed by atoms with Gasteiger partial charge in [-0.15, -0.1) is 0 Å². The molecule has 1 saturated heterocycles. The lowest BCUT2D eigenvalue weighted by Gasteiger charge is -2.41. The number of hydrogen-bond acceptors (Lipinski definition) is 7. The Kier molecular flexibility index (Phi) is 6.61. The van der Waals surface area contributed by atoms with Gasteiger partial charge in [0.05, 0.1) is 6.61 Å². The molecular formula is C31H28N2O7. The first-order chi connectivity index (χ1) is 19.4. The first-order valence-electron chi connectivity index (χ1n) is 13.1. The van der Waals surface area contributed by atoms with Crippen LogP contribution in [0.3, 0.4) is 0 Å². The number of hydrogen-bond donors (Lipinski definition) is 1. The van der Waals surface area contributed by atoms with Gasteiger partial charge >= 0.3 is 11.7 Å². The van der Waals surface area contributed by atoms with Crippen molar-refractivity contribution in [2.45, 2.75) is 44.3 Å². The number of aromatic amines is 1. The third-order valence-electron chi connectivity index (χ3n) is 7.35. The number of H-pyrrole nitrogens is 1. The van der Waals surface area contributed by atoms with Gasteiger partial charge < -0.3 is 18.9 Å². The van der Waals surface area contributed by atoms with E-state index in [1.54, 1.807) is 6.92 Å². The van der Waals surface area contributed by atoms with Crippen LogP contribution in [0.2, 0.25) is 0 Å². The van der Waals surface area contributed by atoms with Crippen LogP contribution in [0.5, 0.6) is 11.5 Å². The van der Waals surface area contributed by atoms with Gasteiger partial charge in [-0.3, -0.25) is 19.1 Å². The third-order valence-corrected chi connectivity index (χ3v) is 7.35. The molecule has 0 bridgehead atoms. The van der Waals surface area contributed by atoms with Crippen molar-refractivity contribution in [1.29, 1.82) is 0 Å². The molecule has 0 saturated carbocycles. The van der Waals surface area contributed by atoms with Crippen molar-refractivity contribution in [3.05, 3.63) is 128 Å². The summed E-state index contributed by atoms with van der Waals surface area (Å²) in [5.41, 5.74) is 0.793. The highest BCUT2D eigenvalue weighted by Crippen LogP contribution is 2.52. The van der Waals surface area contributed by atoms with Gasteiger partial charge in [-0.2, -0.15) is 0 Å². The molecule has 40 heavy (non-hydrogen) atoms. The SMILES string of the molecule is CC(=O)O[C@H]1C[C@H](n2cc(C)c(=O)[nH]c2=O)O[C@@H]1COC1(c2ccccc2)c2ccccc2Oc2ccccc21. The molecule has 3 aromatic carbocycles. The quantitative estimate of drug-likeness (QED) is 0.366. The lowest BCUT2D eigenvalue weighted by molar-refractivity contribution is -0.153. The van der Waals surface area contributed by atoms with Gasteiger partial charge in [0.25, 0.3) is 5.56 Å². The Morgan fingerprint density at radius 3 is 2.25 bits per heavy atom. The van der Waals surface area contributed by atoms with E-state index in [1.807, 2.05) is 78.9 Å². The standard InChI is InChI=1S/C31H28N2O7/c1-19-17-33(30(36)32-29(19)35)28-16-26(38-20(2)34)27(40-28)18-37-31(21-10-4-3-5-11-21)22-12-6-8-14-24(22)39-25-15-9-7-13-23(25)31/h3-15,17,26-28H,16,18H2,1-2H3,(H,32,35,36)/t26-,27+,28+/m0/s1. The second-order valence-corrected chi connectivity index (χ2v) is 9.94. The van der Waals surface area contributed by atoms with Gasteiger partial charge in [0.15, 0.2) is 5.60 Å². The number of benzene rings is 3. The minimum absolute atomic E-state index is 0.0308. The average molecular weight is 541 g/mol. The van der Waals surface area contributed by atoms with Crippen molar-refractivity contribution < 1.29 is 23.7 Å². The highest BCUT2D eigenvalue weighted by atomic mass is 16.6. The summed E-state index contributed by atoms with van der Waals surface area (Å²) in [5, 5.41) is 0. The van der Waals surface area contributed by atoms with Crippen molar-refractivity contribution in [3.8, 4) is 11.5 Å². The van der Waals surface area contributed by atoms with Crippen molar-refractivity contribution in [3.63, 3.8) is 0 Å². The number of esters is 1. The minimum atomic E-state index is -1.06. The second kappa shape index (κ2) is 10.3. The van der Waals surface area contributed by atoms with Crippen LogP contribution in [0, 0.1) is 6.92 Å². The maximum absolute atomic E-state index is 12.6. The maximum Gasteiger partial charge on any atom is 0.330 e. The lowest BCUT2D eigenvalue weighted by Crippen LogP contribution is -2.40. The van der Waals surface area contributed by atoms with E-state index < -0.39 is 41.3 Å². The molecule has 3 heterocycles. The number of nitrogens with one attached hydrogen (secondary N) is 1. The molecule has 2 aliphatic heterocycles. The van der Waals surface area contributed by atoms with Crippen molar-refractivity contribution in [1.82, 2.24) is 9.55 Å². The molecule has 0 spiro atoms. The fraction of sp³-hybridized carbons (Fsp3) is 0.258. The highest BCUT2D eigenvalue weighted by molar-refractivity contribution is 5.66. The number of nitrogens with zero attached hydrogens (tertiary/aromatic N) is 1. The van der Waals surface area contributed by atoms with Gasteiger partial charge in [0.1, 0.15) is 29.9 Å². The molecule has 0 amide bonds. The topological polar surface area (TPSA) is 109 Å². The van der Waals surface area contributed by atoms with Crippen LogP contribution < -0.4 is 16.0 Å². The van der Waals surface area contributed by atoms with E-state index >= 15 is 0 Å². The molecule has 1 aromatic heterocycles. The number of aromatic nitrogens is 2. The molecule has 2 aliphatic rings. The zero-order valence-corrected chi connectivity index (χ0v) is 22.0. The van der Waals surface area contributed by atoms with Crippen molar-refractivity contribution in [2.24, 2.45) is 0 Å². The number of aryl methyl sites for hydroxylation is 1. The summed E-state index contributed by atoms with van der Waals surface area (Å²) >= 11 is 0. The first kappa shape index (κ1) is 25.8. The molecule has 0 aliphatic carbocycles. The summed E-state index contributed by atoms with van der Waals surface area (Å²) in [5.74, 6) is 0.868. The number of para-hydroxylation sites is 2. The monoisotopic (exact) mass is 540 g/mol. The van der Waals surface area contributed by atoms with Gasteiger partial charge in [-0.1, -0.05) is 66.7 Å². The van der Waals surface area contributed by atoms with Gasteiger partial charge in [-0.25, -0.2) is 4.79 Å². The zero-order chi connectivity index (χ0) is 27.9. The summed E-state index contributed by atoms with van der Waals surface area (Å²) in [4.78, 5) is 38.9. The molecular weight excluding hydrogens is 512 g/mol. The number of carbonyl (C=O) groups is 1. The van der Waals surface area contributed by atoms with Gasteiger partial charge in [0.2, 0.25) is 0 Å². The number of fused-ring (bicyclic) bond motifs is 2. The molecule has 9 nitrogen and oxygen atoms in total. The van der Waals surface area contributed by atoms with Crippen LogP contribution in [0.1, 0.15) is 41.8 Å². The van der Waals surface area contributed by atoms with Crippen LogP contribution in [-0.4, -0.2) is 34.3 Å². The normalized spacial score (nSPS) is 20.7. The van der Waals surface area contributed by atoms with E-state index in [9.17, 15) is 14.4 Å². The van der Waals surface area contributed by atoms with E-state index in [0.29, 0.717) is 17.1 Å². The van der Waals surface area contributed by atoms with E-state index in [-0.39, 0.29) is 13.0 Å². The largest absolute Gasteiger partial charge is 0.460 e. The van der Waals surface area contributed by atoms with E-state index in [0.717, 1.165) is 16.7 Å². The Hall–Kier alpha value is -4.47. The molecule has 1 fully saturated rings. The predicted molar refractivity (Wildman–Crippen MR) is 145 cm³/mol. The Morgan fingerprint density at radius 2 is 1.60 bits per heavy atom. The summed E-state index contributed by atoms with van der Waals surface area (Å²) in [7, 11) is 0. The highest BCUT2D eigenvalue weighted by Gasteiger charge is 2.47. The predicted octanol–water partition coefficient (Wildman–Crippen LogP) is 4.18. The van der Waals surface area contributed by atoms with Gasteiger partial charge in [-0.05, 0) is 24.6 Å². The fourth-order valence-corrected chi connectivity index (χ4v) is 5.54. The fourth-order valence-electron chi connectivity index (χ4n) is 5.54. The first-order valence-corrected chi connectivity index (χ1v) is 13.1. The zero-order valence-electron chi connectivity index (χ0n) is 22.0. The van der Waals surface area contributed by atoms with Crippen LogP contribution in [0.15, 0.2) is 94.6 Å². The lowest BCUT2D eigenvalue weighted by atomic mass is 9.77. The molecule has 204 valence electrons. The van der Waals surface area contributed by atoms with E-state index in [2.05, 4.69) is 4.98 Å². The Bertz CT molecular complexity index is 1630. The average Bonchev–Trinajstić information content (AvgIpc) is 3.35. The Morgan fingerprint density at radius 1 is 0.975 bits per heavy atom. The second-order valence-electron chi connectivity index (χ2n) is 9.94. The summed E-state index contributed by atoms with van der Waals surface area (Å²) in [6, 6.07) is 25.3. The number of ether oxygens (including phenoxy) is 4. The van der Waals surface area contributed by atoms with E-state index in [1.165, 1.54) is 17.7 Å². The molecule has 6 rings (SSSR count). The molecule has 3 atom stereocenters. The van der Waals surface area contributed by atoms with Crippen LogP contribution in [-0.2, 0) is 24.6 Å². The van der Waals surface area contributed by atoms with Crippen LogP contribution in [0.25, 0.3) is 0 Å². The number of rotatable bonds is 6. The Balaban J connectivity index is 1.41. The molecule has 4 aromatic rings. The summed E-state index contributed by atoms with van der Waals surface area (Å²) in [6.45, 7) is 2.97.